The van der Waals surface area contributed by atoms with Gasteiger partial charge in [-0.2, -0.15) is 0 Å². The zero-order valence-electron chi connectivity index (χ0n) is 15.0. The Morgan fingerprint density at radius 2 is 1.88 bits per heavy atom. The van der Waals surface area contributed by atoms with Gasteiger partial charge in [-0.25, -0.2) is 0 Å². The minimum atomic E-state index is -1.07. The Bertz CT molecular complexity index is 579. The second-order valence-electron chi connectivity index (χ2n) is 7.03. The van der Waals surface area contributed by atoms with E-state index in [1.165, 1.54) is 0 Å². The van der Waals surface area contributed by atoms with Gasteiger partial charge in [-0.1, -0.05) is 44.7 Å². The van der Waals surface area contributed by atoms with Crippen LogP contribution in [0.15, 0.2) is 24.3 Å². The van der Waals surface area contributed by atoms with Crippen molar-refractivity contribution in [3.8, 4) is 5.75 Å². The summed E-state index contributed by atoms with van der Waals surface area (Å²) in [6.45, 7) is 2.70. The van der Waals surface area contributed by atoms with Crippen LogP contribution in [0.4, 0.5) is 5.69 Å². The van der Waals surface area contributed by atoms with Crippen LogP contribution in [-0.4, -0.2) is 18.5 Å². The van der Waals surface area contributed by atoms with Crippen LogP contribution in [0.1, 0.15) is 64.7 Å². The molecule has 1 aromatic carbocycles. The number of unbranched alkanes of at least 4 members (excludes halogenated alkanes) is 1. The Morgan fingerprint density at radius 1 is 1.16 bits per heavy atom. The molecule has 138 valence electrons. The van der Waals surface area contributed by atoms with Crippen molar-refractivity contribution in [1.29, 1.82) is 0 Å². The molecular formula is C20H28NO4-. The fourth-order valence-corrected chi connectivity index (χ4v) is 3.58. The first kappa shape index (κ1) is 19.3. The van der Waals surface area contributed by atoms with Crippen molar-refractivity contribution in [3.05, 3.63) is 24.3 Å². The van der Waals surface area contributed by atoms with Gasteiger partial charge < -0.3 is 20.0 Å². The number of rotatable bonds is 9. The van der Waals surface area contributed by atoms with E-state index in [2.05, 4.69) is 12.2 Å². The van der Waals surface area contributed by atoms with Gasteiger partial charge in [-0.15, -0.1) is 0 Å². The summed E-state index contributed by atoms with van der Waals surface area (Å²) in [6.07, 6.45) is 6.74. The summed E-state index contributed by atoms with van der Waals surface area (Å²) in [4.78, 5) is 23.7. The second-order valence-corrected chi connectivity index (χ2v) is 7.03. The largest absolute Gasteiger partial charge is 0.550 e. The van der Waals surface area contributed by atoms with E-state index in [4.69, 9.17) is 4.74 Å². The molecule has 0 atom stereocenters. The Balaban J connectivity index is 2.02. The number of aliphatic carboxylic acids is 1. The van der Waals surface area contributed by atoms with E-state index >= 15 is 0 Å². The highest BCUT2D eigenvalue weighted by molar-refractivity contribution is 5.93. The third kappa shape index (κ3) is 6.07. The molecule has 0 spiro atoms. The minimum Gasteiger partial charge on any atom is -0.550 e. The lowest BCUT2D eigenvalue weighted by Crippen LogP contribution is -2.36. The standard InChI is InChI=1S/C20H29NO4/c1-2-3-13-25-17-10-6-5-9-16(17)21-18(22)14-20(15-19(23)24)11-7-4-8-12-20/h5-6,9-10H,2-4,7-8,11-15H2,1H3,(H,21,22)(H,23,24)/p-1. The molecule has 5 heteroatoms. The zero-order valence-corrected chi connectivity index (χ0v) is 15.0. The number of carboxylic acid groups (broad SMARTS) is 1. The van der Waals surface area contributed by atoms with Crippen LogP contribution in [0.25, 0.3) is 0 Å². The molecule has 2 rings (SSSR count). The molecular weight excluding hydrogens is 318 g/mol. The van der Waals surface area contributed by atoms with Crippen LogP contribution in [0.2, 0.25) is 0 Å². The molecule has 0 heterocycles. The van der Waals surface area contributed by atoms with E-state index < -0.39 is 11.4 Å². The lowest BCUT2D eigenvalue weighted by atomic mass is 9.69. The van der Waals surface area contributed by atoms with Crippen molar-refractivity contribution in [1.82, 2.24) is 0 Å². The van der Waals surface area contributed by atoms with E-state index in [1.54, 1.807) is 0 Å². The van der Waals surface area contributed by atoms with Gasteiger partial charge in [-0.3, -0.25) is 4.79 Å². The topological polar surface area (TPSA) is 78.5 Å². The highest BCUT2D eigenvalue weighted by atomic mass is 16.5. The summed E-state index contributed by atoms with van der Waals surface area (Å²) in [5, 5.41) is 14.1. The maximum atomic E-state index is 12.6. The number of carbonyl (C=O) groups excluding carboxylic acids is 2. The van der Waals surface area contributed by atoms with Gasteiger partial charge in [0.1, 0.15) is 5.75 Å². The number of nitrogens with one attached hydrogen (secondary N) is 1. The van der Waals surface area contributed by atoms with Crippen LogP contribution in [0.5, 0.6) is 5.75 Å². The molecule has 1 fully saturated rings. The van der Waals surface area contributed by atoms with E-state index in [9.17, 15) is 14.7 Å². The van der Waals surface area contributed by atoms with Gasteiger partial charge in [0.2, 0.25) is 5.91 Å². The van der Waals surface area contributed by atoms with Crippen LogP contribution in [0.3, 0.4) is 0 Å². The van der Waals surface area contributed by atoms with Crippen molar-refractivity contribution >= 4 is 17.6 Å². The lowest BCUT2D eigenvalue weighted by molar-refractivity contribution is -0.308. The molecule has 25 heavy (non-hydrogen) atoms. The van der Waals surface area contributed by atoms with Crippen LogP contribution in [0, 0.1) is 5.41 Å². The van der Waals surface area contributed by atoms with Crippen molar-refractivity contribution in [2.75, 3.05) is 11.9 Å². The number of carbonyl (C=O) groups is 2. The number of hydrogen-bond acceptors (Lipinski definition) is 4. The van der Waals surface area contributed by atoms with Crippen LogP contribution < -0.4 is 15.2 Å². The van der Waals surface area contributed by atoms with Crippen LogP contribution in [-0.2, 0) is 9.59 Å². The van der Waals surface area contributed by atoms with Crippen molar-refractivity contribution in [2.24, 2.45) is 5.41 Å². The molecule has 1 aliphatic carbocycles. The summed E-state index contributed by atoms with van der Waals surface area (Å²) >= 11 is 0. The van der Waals surface area contributed by atoms with Gasteiger partial charge in [0.15, 0.2) is 0 Å². The summed E-state index contributed by atoms with van der Waals surface area (Å²) in [5.74, 6) is -0.574. The van der Waals surface area contributed by atoms with E-state index in [0.29, 0.717) is 18.0 Å². The first-order valence-corrected chi connectivity index (χ1v) is 9.26. The highest BCUT2D eigenvalue weighted by Gasteiger charge is 2.34. The fraction of sp³-hybridized carbons (Fsp3) is 0.600. The number of carboxylic acids is 1. The van der Waals surface area contributed by atoms with E-state index in [-0.39, 0.29) is 18.7 Å². The average molecular weight is 346 g/mol. The zero-order chi connectivity index (χ0) is 18.1. The molecule has 0 aliphatic heterocycles. The molecule has 1 saturated carbocycles. The summed E-state index contributed by atoms with van der Waals surface area (Å²) in [7, 11) is 0. The normalized spacial score (nSPS) is 16.2. The first-order chi connectivity index (χ1) is 12.0. The van der Waals surface area contributed by atoms with Gasteiger partial charge in [0.25, 0.3) is 0 Å². The highest BCUT2D eigenvalue weighted by Crippen LogP contribution is 2.42. The molecule has 1 N–H and O–H groups in total. The molecule has 0 saturated heterocycles. The molecule has 0 radical (unpaired) electrons. The van der Waals surface area contributed by atoms with Gasteiger partial charge in [0.05, 0.1) is 12.3 Å². The Labute approximate surface area is 149 Å². The minimum absolute atomic E-state index is 0.0466. The molecule has 1 amide bonds. The number of benzene rings is 1. The summed E-state index contributed by atoms with van der Waals surface area (Å²) < 4.78 is 5.74. The third-order valence-corrected chi connectivity index (χ3v) is 4.89. The van der Waals surface area contributed by atoms with Crippen molar-refractivity contribution in [2.45, 2.75) is 64.7 Å². The van der Waals surface area contributed by atoms with Crippen molar-refractivity contribution in [3.63, 3.8) is 0 Å². The van der Waals surface area contributed by atoms with E-state index in [1.807, 2.05) is 24.3 Å². The number of amides is 1. The quantitative estimate of drug-likeness (QED) is 0.696. The Kier molecular flexibility index (Phi) is 7.29. The SMILES string of the molecule is CCCCOc1ccccc1NC(=O)CC1(CC(=O)[O-])CCCCC1. The maximum Gasteiger partial charge on any atom is 0.225 e. The molecule has 1 aromatic rings. The fourth-order valence-electron chi connectivity index (χ4n) is 3.58. The molecule has 0 aromatic heterocycles. The Hall–Kier alpha value is -2.04. The molecule has 0 bridgehead atoms. The number of ether oxygens (including phenoxy) is 1. The summed E-state index contributed by atoms with van der Waals surface area (Å²) in [6, 6.07) is 7.36. The van der Waals surface area contributed by atoms with E-state index in [0.717, 1.165) is 44.9 Å². The van der Waals surface area contributed by atoms with Gasteiger partial charge >= 0.3 is 0 Å². The van der Waals surface area contributed by atoms with Gasteiger partial charge in [0, 0.05) is 12.4 Å². The Morgan fingerprint density at radius 3 is 2.56 bits per heavy atom. The second kappa shape index (κ2) is 9.44. The smallest absolute Gasteiger partial charge is 0.225 e. The first-order valence-electron chi connectivity index (χ1n) is 9.26. The molecule has 5 nitrogen and oxygen atoms in total. The molecule has 1 aliphatic rings. The monoisotopic (exact) mass is 346 g/mol. The predicted molar refractivity (Wildman–Crippen MR) is 95.2 cm³/mol. The maximum absolute atomic E-state index is 12.6. The predicted octanol–water partition coefficient (Wildman–Crippen LogP) is 3.28. The summed E-state index contributed by atoms with van der Waals surface area (Å²) in [5.41, 5.74) is 0.169. The third-order valence-electron chi connectivity index (χ3n) is 4.89. The lowest BCUT2D eigenvalue weighted by Gasteiger charge is -2.37. The van der Waals surface area contributed by atoms with Gasteiger partial charge in [-0.05, 0) is 43.2 Å². The number of para-hydroxylation sites is 2. The molecule has 0 unspecified atom stereocenters. The van der Waals surface area contributed by atoms with Crippen LogP contribution >= 0.6 is 0 Å². The number of anilines is 1. The average Bonchev–Trinajstić information content (AvgIpc) is 2.56. The number of hydrogen-bond donors (Lipinski definition) is 1. The van der Waals surface area contributed by atoms with Crippen molar-refractivity contribution < 1.29 is 19.4 Å².